The van der Waals surface area contributed by atoms with E-state index in [1.165, 1.54) is 16.7 Å². The van der Waals surface area contributed by atoms with E-state index in [1.54, 1.807) is 0 Å². The number of amides is 1. The molecule has 0 atom stereocenters. The Morgan fingerprint density at radius 3 is 2.52 bits per heavy atom. The third-order valence-electron chi connectivity index (χ3n) is 4.89. The highest BCUT2D eigenvalue weighted by molar-refractivity contribution is 5.98. The summed E-state index contributed by atoms with van der Waals surface area (Å²) in [7, 11) is 0. The van der Waals surface area contributed by atoms with Crippen molar-refractivity contribution in [1.82, 2.24) is 10.3 Å². The highest BCUT2D eigenvalue weighted by Gasteiger charge is 2.11. The van der Waals surface area contributed by atoms with Crippen LogP contribution in [-0.2, 0) is 6.42 Å². The Labute approximate surface area is 159 Å². The van der Waals surface area contributed by atoms with Crippen LogP contribution >= 0.6 is 0 Å². The van der Waals surface area contributed by atoms with Crippen LogP contribution in [0.3, 0.4) is 0 Å². The molecule has 1 amide bonds. The van der Waals surface area contributed by atoms with Crippen molar-refractivity contribution in [3.05, 3.63) is 95.7 Å². The maximum Gasteiger partial charge on any atom is 0.267 e. The van der Waals surface area contributed by atoms with Gasteiger partial charge in [0.25, 0.3) is 5.91 Å². The van der Waals surface area contributed by atoms with E-state index in [0.717, 1.165) is 22.9 Å². The summed E-state index contributed by atoms with van der Waals surface area (Å²) < 4.78 is 0. The summed E-state index contributed by atoms with van der Waals surface area (Å²) in [5, 5.41) is 4.10. The Morgan fingerprint density at radius 2 is 1.70 bits per heavy atom. The number of hydrogen-bond donors (Lipinski definition) is 2. The fourth-order valence-corrected chi connectivity index (χ4v) is 3.47. The SMILES string of the molecule is Cc1cccc2cc(C(=O)NCCc3ccccc3-c3ccccc3)[nH]c12. The van der Waals surface area contributed by atoms with Gasteiger partial charge >= 0.3 is 0 Å². The smallest absolute Gasteiger partial charge is 0.267 e. The largest absolute Gasteiger partial charge is 0.350 e. The van der Waals surface area contributed by atoms with Gasteiger partial charge in [-0.05, 0) is 41.7 Å². The van der Waals surface area contributed by atoms with E-state index in [2.05, 4.69) is 40.6 Å². The Hall–Kier alpha value is -3.33. The topological polar surface area (TPSA) is 44.9 Å². The molecule has 134 valence electrons. The first-order valence-electron chi connectivity index (χ1n) is 9.22. The van der Waals surface area contributed by atoms with Gasteiger partial charge in [0.05, 0.1) is 0 Å². The van der Waals surface area contributed by atoms with Crippen LogP contribution in [0.25, 0.3) is 22.0 Å². The van der Waals surface area contributed by atoms with Crippen molar-refractivity contribution in [1.29, 1.82) is 0 Å². The molecule has 0 unspecified atom stereocenters. The summed E-state index contributed by atoms with van der Waals surface area (Å²) in [6, 6.07) is 26.7. The zero-order valence-electron chi connectivity index (χ0n) is 15.3. The Bertz CT molecular complexity index is 1080. The van der Waals surface area contributed by atoms with E-state index in [1.807, 2.05) is 55.5 Å². The van der Waals surface area contributed by atoms with E-state index in [-0.39, 0.29) is 5.91 Å². The highest BCUT2D eigenvalue weighted by atomic mass is 16.1. The average Bonchev–Trinajstić information content (AvgIpc) is 3.15. The quantitative estimate of drug-likeness (QED) is 0.513. The molecule has 0 radical (unpaired) electrons. The molecule has 27 heavy (non-hydrogen) atoms. The predicted octanol–water partition coefficient (Wildman–Crippen LogP) is 5.12. The number of nitrogens with one attached hydrogen (secondary N) is 2. The van der Waals surface area contributed by atoms with E-state index in [0.29, 0.717) is 12.2 Å². The van der Waals surface area contributed by atoms with Gasteiger partial charge in [-0.2, -0.15) is 0 Å². The van der Waals surface area contributed by atoms with Crippen molar-refractivity contribution >= 4 is 16.8 Å². The van der Waals surface area contributed by atoms with Gasteiger partial charge in [-0.15, -0.1) is 0 Å². The van der Waals surface area contributed by atoms with Crippen molar-refractivity contribution in [2.24, 2.45) is 0 Å². The third kappa shape index (κ3) is 3.63. The number of aryl methyl sites for hydroxylation is 1. The predicted molar refractivity (Wildman–Crippen MR) is 111 cm³/mol. The van der Waals surface area contributed by atoms with Crippen molar-refractivity contribution < 1.29 is 4.79 Å². The van der Waals surface area contributed by atoms with Gasteiger partial charge < -0.3 is 10.3 Å². The maximum absolute atomic E-state index is 12.5. The highest BCUT2D eigenvalue weighted by Crippen LogP contribution is 2.23. The molecule has 4 rings (SSSR count). The molecule has 4 aromatic rings. The molecule has 0 aliphatic heterocycles. The fourth-order valence-electron chi connectivity index (χ4n) is 3.47. The summed E-state index contributed by atoms with van der Waals surface area (Å²) in [5.41, 5.74) is 6.42. The lowest BCUT2D eigenvalue weighted by atomic mass is 9.98. The number of para-hydroxylation sites is 1. The lowest BCUT2D eigenvalue weighted by Gasteiger charge is -2.10. The molecule has 1 aromatic heterocycles. The van der Waals surface area contributed by atoms with E-state index < -0.39 is 0 Å². The Kier molecular flexibility index (Phi) is 4.75. The van der Waals surface area contributed by atoms with Crippen LogP contribution < -0.4 is 5.32 Å². The fraction of sp³-hybridized carbons (Fsp3) is 0.125. The molecule has 2 N–H and O–H groups in total. The van der Waals surface area contributed by atoms with Crippen molar-refractivity contribution in [2.45, 2.75) is 13.3 Å². The number of aromatic amines is 1. The van der Waals surface area contributed by atoms with Crippen LogP contribution in [0.1, 0.15) is 21.6 Å². The molecular formula is C24H22N2O. The van der Waals surface area contributed by atoms with Crippen molar-refractivity contribution in [2.75, 3.05) is 6.54 Å². The minimum Gasteiger partial charge on any atom is -0.350 e. The summed E-state index contributed by atoms with van der Waals surface area (Å²) in [5.74, 6) is -0.0669. The second-order valence-electron chi connectivity index (χ2n) is 6.75. The molecule has 0 spiro atoms. The van der Waals surface area contributed by atoms with Crippen LogP contribution in [0.15, 0.2) is 78.9 Å². The Balaban J connectivity index is 1.45. The minimum atomic E-state index is -0.0669. The molecule has 0 saturated heterocycles. The Morgan fingerprint density at radius 1 is 0.926 bits per heavy atom. The molecule has 0 fully saturated rings. The van der Waals surface area contributed by atoms with E-state index in [4.69, 9.17) is 0 Å². The molecule has 3 aromatic carbocycles. The number of benzene rings is 3. The number of fused-ring (bicyclic) bond motifs is 1. The molecular weight excluding hydrogens is 332 g/mol. The first kappa shape index (κ1) is 17.1. The van der Waals surface area contributed by atoms with Crippen LogP contribution in [0.2, 0.25) is 0 Å². The maximum atomic E-state index is 12.5. The molecule has 0 bridgehead atoms. The van der Waals surface area contributed by atoms with Crippen LogP contribution in [-0.4, -0.2) is 17.4 Å². The summed E-state index contributed by atoms with van der Waals surface area (Å²) in [6.07, 6.45) is 0.788. The van der Waals surface area contributed by atoms with Gasteiger partial charge in [0.1, 0.15) is 5.69 Å². The summed E-state index contributed by atoms with van der Waals surface area (Å²) in [4.78, 5) is 15.8. The van der Waals surface area contributed by atoms with Gasteiger partial charge in [-0.25, -0.2) is 0 Å². The van der Waals surface area contributed by atoms with Gasteiger partial charge in [0.15, 0.2) is 0 Å². The van der Waals surface area contributed by atoms with Crippen LogP contribution in [0.4, 0.5) is 0 Å². The summed E-state index contributed by atoms with van der Waals surface area (Å²) in [6.45, 7) is 2.64. The molecule has 3 nitrogen and oxygen atoms in total. The number of hydrogen-bond acceptors (Lipinski definition) is 1. The minimum absolute atomic E-state index is 0.0669. The lowest BCUT2D eigenvalue weighted by Crippen LogP contribution is -2.26. The monoisotopic (exact) mass is 354 g/mol. The van der Waals surface area contributed by atoms with E-state index >= 15 is 0 Å². The van der Waals surface area contributed by atoms with Gasteiger partial charge in [-0.1, -0.05) is 72.8 Å². The van der Waals surface area contributed by atoms with Gasteiger partial charge in [0, 0.05) is 17.4 Å². The number of H-pyrrole nitrogens is 1. The van der Waals surface area contributed by atoms with Gasteiger partial charge in [0.2, 0.25) is 0 Å². The number of rotatable bonds is 5. The standard InChI is InChI=1S/C24H22N2O/c1-17-8-7-12-20-16-22(26-23(17)20)24(27)25-15-14-19-11-5-6-13-21(19)18-9-3-2-4-10-18/h2-13,16,26H,14-15H2,1H3,(H,25,27). The molecule has 0 aliphatic carbocycles. The lowest BCUT2D eigenvalue weighted by molar-refractivity contribution is 0.0950. The van der Waals surface area contributed by atoms with Crippen LogP contribution in [0.5, 0.6) is 0 Å². The van der Waals surface area contributed by atoms with Gasteiger partial charge in [-0.3, -0.25) is 4.79 Å². The molecule has 3 heteroatoms. The van der Waals surface area contributed by atoms with E-state index in [9.17, 15) is 4.79 Å². The van der Waals surface area contributed by atoms with Crippen molar-refractivity contribution in [3.8, 4) is 11.1 Å². The first-order valence-corrected chi connectivity index (χ1v) is 9.22. The second kappa shape index (κ2) is 7.50. The van der Waals surface area contributed by atoms with Crippen molar-refractivity contribution in [3.63, 3.8) is 0 Å². The number of carbonyl (C=O) groups is 1. The average molecular weight is 354 g/mol. The zero-order chi connectivity index (χ0) is 18.6. The molecule has 0 aliphatic rings. The normalized spacial score (nSPS) is 10.9. The summed E-state index contributed by atoms with van der Waals surface area (Å²) >= 11 is 0. The second-order valence-corrected chi connectivity index (χ2v) is 6.75. The first-order chi connectivity index (χ1) is 13.2. The number of carbonyl (C=O) groups excluding carboxylic acids is 1. The third-order valence-corrected chi connectivity index (χ3v) is 4.89. The molecule has 1 heterocycles. The number of aromatic nitrogens is 1. The zero-order valence-corrected chi connectivity index (χ0v) is 15.3. The van der Waals surface area contributed by atoms with Crippen LogP contribution in [0, 0.1) is 6.92 Å². The molecule has 0 saturated carbocycles.